The Hall–Kier alpha value is -3.39. The van der Waals surface area contributed by atoms with Gasteiger partial charge in [-0.15, -0.1) is 0 Å². The number of amidine groups is 1. The van der Waals surface area contributed by atoms with Crippen molar-refractivity contribution in [2.24, 2.45) is 16.3 Å². The lowest BCUT2D eigenvalue weighted by atomic mass is 9.94. The molecule has 0 fully saturated rings. The fourth-order valence-corrected chi connectivity index (χ4v) is 3.55. The number of nitrogens with zero attached hydrogens (tertiary/aromatic N) is 1. The number of aliphatic imine (C=N–C) groups is 1. The Morgan fingerprint density at radius 2 is 1.74 bits per heavy atom. The zero-order chi connectivity index (χ0) is 24.9. The monoisotopic (exact) mass is 466 g/mol. The maximum Gasteiger partial charge on any atom is 0.305 e. The Labute approximate surface area is 200 Å². The quantitative estimate of drug-likeness (QED) is 0.437. The van der Waals surface area contributed by atoms with Crippen molar-refractivity contribution in [3.8, 4) is 0 Å². The van der Waals surface area contributed by atoms with Crippen molar-refractivity contribution in [1.29, 1.82) is 0 Å². The first-order chi connectivity index (χ1) is 16.0. The minimum absolute atomic E-state index is 0.0707. The Bertz CT molecular complexity index is 1020. The van der Waals surface area contributed by atoms with Gasteiger partial charge in [0.25, 0.3) is 5.91 Å². The standard InChI is InChI=1S/C26H34N4O4/c1-16(2)22(28-20-12-10-19(11-13-20)24(33)27-15-14-21(31)32)17-6-8-18(9-7-17)23-29-25(34-30-23)26(3,4)5/h6-13,16,22,25,28H,14-15H2,1-5H3,(H,27,33)(H,29,30)(H,31,32). The maximum absolute atomic E-state index is 12.2. The number of rotatable bonds is 9. The van der Waals surface area contributed by atoms with E-state index in [0.717, 1.165) is 22.6 Å². The summed E-state index contributed by atoms with van der Waals surface area (Å²) in [6.07, 6.45) is -0.331. The number of hydroxylamine groups is 1. The number of carbonyl (C=O) groups is 2. The molecule has 2 unspecified atom stereocenters. The van der Waals surface area contributed by atoms with Gasteiger partial charge in [0.05, 0.1) is 12.5 Å². The SMILES string of the molecule is CC(C)C(Nc1ccc(C(=O)NCCC(=O)O)cc1)c1ccc(C2=NC(C(C)(C)C)ON2)cc1. The minimum atomic E-state index is -0.942. The van der Waals surface area contributed by atoms with E-state index in [1.54, 1.807) is 12.1 Å². The van der Waals surface area contributed by atoms with Crippen LogP contribution in [0.3, 0.4) is 0 Å². The van der Waals surface area contributed by atoms with E-state index in [-0.39, 0.29) is 36.6 Å². The first kappa shape index (κ1) is 25.2. The van der Waals surface area contributed by atoms with Crippen LogP contribution in [0.5, 0.6) is 0 Å². The molecule has 0 radical (unpaired) electrons. The van der Waals surface area contributed by atoms with Gasteiger partial charge >= 0.3 is 5.97 Å². The highest BCUT2D eigenvalue weighted by molar-refractivity contribution is 5.99. The number of aliphatic carboxylic acids is 1. The predicted molar refractivity (Wildman–Crippen MR) is 133 cm³/mol. The van der Waals surface area contributed by atoms with E-state index in [4.69, 9.17) is 9.94 Å². The van der Waals surface area contributed by atoms with Crippen LogP contribution in [-0.4, -0.2) is 35.6 Å². The number of carboxylic acid groups (broad SMARTS) is 1. The van der Waals surface area contributed by atoms with Crippen LogP contribution in [0.1, 0.15) is 68.6 Å². The van der Waals surface area contributed by atoms with Gasteiger partial charge in [-0.3, -0.25) is 9.59 Å². The lowest BCUT2D eigenvalue weighted by Gasteiger charge is -2.24. The molecule has 2 aromatic rings. The van der Waals surface area contributed by atoms with E-state index in [1.165, 1.54) is 0 Å². The predicted octanol–water partition coefficient (Wildman–Crippen LogP) is 4.35. The molecular formula is C26H34N4O4. The molecule has 0 aliphatic carbocycles. The molecule has 0 spiro atoms. The van der Waals surface area contributed by atoms with Gasteiger partial charge < -0.3 is 15.7 Å². The average molecular weight is 467 g/mol. The highest BCUT2D eigenvalue weighted by Gasteiger charge is 2.30. The zero-order valence-corrected chi connectivity index (χ0v) is 20.4. The summed E-state index contributed by atoms with van der Waals surface area (Å²) in [4.78, 5) is 33.0. The molecule has 1 heterocycles. The second-order valence-electron chi connectivity index (χ2n) is 9.88. The normalized spacial score (nSPS) is 16.5. The number of anilines is 1. The van der Waals surface area contributed by atoms with Crippen LogP contribution in [0.15, 0.2) is 53.5 Å². The van der Waals surface area contributed by atoms with Crippen LogP contribution in [0.4, 0.5) is 5.69 Å². The zero-order valence-electron chi connectivity index (χ0n) is 20.4. The van der Waals surface area contributed by atoms with E-state index < -0.39 is 5.97 Å². The third-order valence-corrected chi connectivity index (χ3v) is 5.56. The first-order valence-electron chi connectivity index (χ1n) is 11.5. The highest BCUT2D eigenvalue weighted by atomic mass is 16.7. The molecule has 2 aromatic carbocycles. The number of benzene rings is 2. The molecule has 1 amide bonds. The summed E-state index contributed by atoms with van der Waals surface area (Å²) in [5.74, 6) is -0.175. The number of carbonyl (C=O) groups excluding carboxylic acids is 1. The molecule has 182 valence electrons. The van der Waals surface area contributed by atoms with Gasteiger partial charge in [0.1, 0.15) is 0 Å². The lowest BCUT2D eigenvalue weighted by Crippen LogP contribution is -2.27. The van der Waals surface area contributed by atoms with E-state index in [2.05, 4.69) is 67.9 Å². The van der Waals surface area contributed by atoms with Crippen LogP contribution in [0.2, 0.25) is 0 Å². The van der Waals surface area contributed by atoms with Crippen LogP contribution in [-0.2, 0) is 9.63 Å². The molecule has 0 bridgehead atoms. The van der Waals surface area contributed by atoms with Crippen molar-refractivity contribution in [2.75, 3.05) is 11.9 Å². The van der Waals surface area contributed by atoms with E-state index in [1.807, 2.05) is 24.3 Å². The van der Waals surface area contributed by atoms with Crippen LogP contribution in [0.25, 0.3) is 0 Å². The largest absolute Gasteiger partial charge is 0.481 e. The average Bonchev–Trinajstić information content (AvgIpc) is 3.28. The topological polar surface area (TPSA) is 112 Å². The van der Waals surface area contributed by atoms with Gasteiger partial charge in [0, 0.05) is 28.8 Å². The molecule has 1 aliphatic rings. The summed E-state index contributed by atoms with van der Waals surface area (Å²) in [5.41, 5.74) is 6.35. The third kappa shape index (κ3) is 6.57. The smallest absolute Gasteiger partial charge is 0.305 e. The first-order valence-corrected chi connectivity index (χ1v) is 11.5. The Balaban J connectivity index is 1.66. The van der Waals surface area contributed by atoms with Crippen molar-refractivity contribution < 1.29 is 19.5 Å². The molecule has 2 atom stereocenters. The summed E-state index contributed by atoms with van der Waals surface area (Å²) in [7, 11) is 0. The fraction of sp³-hybridized carbons (Fsp3) is 0.423. The van der Waals surface area contributed by atoms with E-state index in [9.17, 15) is 9.59 Å². The maximum atomic E-state index is 12.2. The fourth-order valence-electron chi connectivity index (χ4n) is 3.55. The van der Waals surface area contributed by atoms with Gasteiger partial charge in [0.2, 0.25) is 0 Å². The summed E-state index contributed by atoms with van der Waals surface area (Å²) >= 11 is 0. The Morgan fingerprint density at radius 3 is 2.26 bits per heavy atom. The van der Waals surface area contributed by atoms with Crippen molar-refractivity contribution in [3.63, 3.8) is 0 Å². The molecule has 8 heteroatoms. The van der Waals surface area contributed by atoms with Crippen LogP contribution < -0.4 is 16.1 Å². The number of hydrogen-bond acceptors (Lipinski definition) is 6. The van der Waals surface area contributed by atoms with Crippen molar-refractivity contribution in [1.82, 2.24) is 10.8 Å². The van der Waals surface area contributed by atoms with Gasteiger partial charge in [-0.05, 0) is 35.7 Å². The summed E-state index contributed by atoms with van der Waals surface area (Å²) in [6.45, 7) is 10.7. The molecule has 1 aliphatic heterocycles. The van der Waals surface area contributed by atoms with Crippen LogP contribution in [0, 0.1) is 11.3 Å². The molecule has 8 nitrogen and oxygen atoms in total. The summed E-state index contributed by atoms with van der Waals surface area (Å²) in [6, 6.07) is 15.5. The molecule has 34 heavy (non-hydrogen) atoms. The van der Waals surface area contributed by atoms with Crippen molar-refractivity contribution in [2.45, 2.75) is 53.3 Å². The molecular weight excluding hydrogens is 432 g/mol. The molecule has 0 aromatic heterocycles. The van der Waals surface area contributed by atoms with Gasteiger partial charge in [-0.2, -0.15) is 0 Å². The number of nitrogens with one attached hydrogen (secondary N) is 3. The van der Waals surface area contributed by atoms with Crippen molar-refractivity contribution >= 4 is 23.4 Å². The number of carboxylic acids is 1. The lowest BCUT2D eigenvalue weighted by molar-refractivity contribution is -0.136. The number of hydrogen-bond donors (Lipinski definition) is 4. The van der Waals surface area contributed by atoms with Crippen LogP contribution >= 0.6 is 0 Å². The summed E-state index contributed by atoms with van der Waals surface area (Å²) in [5, 5.41) is 14.9. The molecule has 3 rings (SSSR count). The van der Waals surface area contributed by atoms with Gasteiger partial charge in [-0.25, -0.2) is 15.3 Å². The molecule has 0 saturated carbocycles. The van der Waals surface area contributed by atoms with Gasteiger partial charge in [0.15, 0.2) is 12.1 Å². The van der Waals surface area contributed by atoms with E-state index >= 15 is 0 Å². The summed E-state index contributed by atoms with van der Waals surface area (Å²) < 4.78 is 0. The Kier molecular flexibility index (Phi) is 7.94. The number of amides is 1. The minimum Gasteiger partial charge on any atom is -0.481 e. The Morgan fingerprint density at radius 1 is 1.09 bits per heavy atom. The third-order valence-electron chi connectivity index (χ3n) is 5.56. The molecule has 0 saturated heterocycles. The highest BCUT2D eigenvalue weighted by Crippen LogP contribution is 2.29. The van der Waals surface area contributed by atoms with E-state index in [0.29, 0.717) is 11.5 Å². The van der Waals surface area contributed by atoms with Gasteiger partial charge in [-0.1, -0.05) is 58.9 Å². The molecule has 4 N–H and O–H groups in total. The second kappa shape index (κ2) is 10.7. The second-order valence-corrected chi connectivity index (χ2v) is 9.88. The van der Waals surface area contributed by atoms with Crippen molar-refractivity contribution in [3.05, 3.63) is 65.2 Å².